The van der Waals surface area contributed by atoms with Crippen LogP contribution in [-0.2, 0) is 0 Å². The first kappa shape index (κ1) is 14.7. The van der Waals surface area contributed by atoms with Crippen molar-refractivity contribution < 1.29 is 13.6 Å². The number of halogens is 2. The van der Waals surface area contributed by atoms with Gasteiger partial charge in [-0.1, -0.05) is 24.0 Å². The molecule has 2 aromatic carbocycles. The van der Waals surface area contributed by atoms with Crippen LogP contribution in [0.5, 0.6) is 0 Å². The molecule has 2 aromatic rings. The number of amides is 1. The first-order chi connectivity index (χ1) is 10.1. The molecule has 0 heterocycles. The molecule has 0 aliphatic heterocycles. The quantitative estimate of drug-likeness (QED) is 0.834. The van der Waals surface area contributed by atoms with E-state index in [1.807, 2.05) is 0 Å². The van der Waals surface area contributed by atoms with Gasteiger partial charge in [0.1, 0.15) is 11.6 Å². The minimum Gasteiger partial charge on any atom is -0.321 e. The van der Waals surface area contributed by atoms with Gasteiger partial charge in [0.15, 0.2) is 0 Å². The Morgan fingerprint density at radius 3 is 2.48 bits per heavy atom. The second-order valence-electron chi connectivity index (χ2n) is 4.16. The summed E-state index contributed by atoms with van der Waals surface area (Å²) in [6, 6.07) is 9.47. The molecule has 0 aromatic heterocycles. The van der Waals surface area contributed by atoms with Gasteiger partial charge >= 0.3 is 0 Å². The summed E-state index contributed by atoms with van der Waals surface area (Å²) in [7, 11) is 0. The maximum atomic E-state index is 13.1. The molecule has 0 saturated heterocycles. The smallest absolute Gasteiger partial charge is 0.255 e. The summed E-state index contributed by atoms with van der Waals surface area (Å²) in [6.07, 6.45) is 0. The topological polar surface area (TPSA) is 55.1 Å². The van der Waals surface area contributed by atoms with Gasteiger partial charge in [-0.15, -0.1) is 0 Å². The van der Waals surface area contributed by atoms with Gasteiger partial charge in [0, 0.05) is 17.2 Å². The number of carbonyl (C=O) groups excluding carboxylic acids is 1. The zero-order valence-electron chi connectivity index (χ0n) is 11.0. The van der Waals surface area contributed by atoms with Crippen molar-refractivity contribution in [3.05, 3.63) is 65.2 Å². The van der Waals surface area contributed by atoms with Crippen LogP contribution in [0, 0.1) is 23.5 Å². The lowest BCUT2D eigenvalue weighted by atomic mass is 10.1. The van der Waals surface area contributed by atoms with Crippen LogP contribution in [0.4, 0.5) is 14.5 Å². The number of rotatable bonds is 2. The Morgan fingerprint density at radius 2 is 1.81 bits per heavy atom. The zero-order valence-corrected chi connectivity index (χ0v) is 11.0. The van der Waals surface area contributed by atoms with Crippen molar-refractivity contribution in [1.82, 2.24) is 0 Å². The fourth-order valence-corrected chi connectivity index (χ4v) is 1.73. The van der Waals surface area contributed by atoms with Crippen LogP contribution >= 0.6 is 0 Å². The van der Waals surface area contributed by atoms with Gasteiger partial charge in [0.2, 0.25) is 0 Å². The van der Waals surface area contributed by atoms with E-state index in [0.29, 0.717) is 17.3 Å². The molecule has 0 spiro atoms. The van der Waals surface area contributed by atoms with Crippen LogP contribution in [0.2, 0.25) is 0 Å². The Balaban J connectivity index is 2.27. The summed E-state index contributed by atoms with van der Waals surface area (Å²) in [5, 5.41) is 2.57. The highest BCUT2D eigenvalue weighted by Gasteiger charge is 2.10. The number of nitrogens with one attached hydrogen (secondary N) is 1. The number of hydrogen-bond donors (Lipinski definition) is 2. The number of hydrogen-bond acceptors (Lipinski definition) is 2. The second-order valence-corrected chi connectivity index (χ2v) is 4.16. The molecule has 106 valence electrons. The van der Waals surface area contributed by atoms with Gasteiger partial charge in [-0.3, -0.25) is 4.79 Å². The van der Waals surface area contributed by atoms with Crippen molar-refractivity contribution in [2.45, 2.75) is 0 Å². The van der Waals surface area contributed by atoms with Gasteiger partial charge in [-0.2, -0.15) is 0 Å². The largest absolute Gasteiger partial charge is 0.321 e. The first-order valence-electron chi connectivity index (χ1n) is 6.15. The third kappa shape index (κ3) is 3.88. The molecular formula is C16H12F2N2O. The Hall–Kier alpha value is -2.71. The minimum atomic E-state index is -0.809. The van der Waals surface area contributed by atoms with E-state index in [1.165, 1.54) is 0 Å². The summed E-state index contributed by atoms with van der Waals surface area (Å²) in [6.45, 7) is 0.192. The molecule has 0 radical (unpaired) electrons. The maximum absolute atomic E-state index is 13.1. The molecule has 0 saturated carbocycles. The molecule has 0 aliphatic carbocycles. The maximum Gasteiger partial charge on any atom is 0.255 e. The van der Waals surface area contributed by atoms with Crippen molar-refractivity contribution in [2.24, 2.45) is 5.73 Å². The second kappa shape index (κ2) is 6.64. The molecule has 0 unspecified atom stereocenters. The molecule has 2 rings (SSSR count). The van der Waals surface area contributed by atoms with Crippen molar-refractivity contribution in [3.8, 4) is 11.8 Å². The van der Waals surface area contributed by atoms with Crippen LogP contribution in [0.1, 0.15) is 15.9 Å². The summed E-state index contributed by atoms with van der Waals surface area (Å²) in [5.74, 6) is 3.26. The highest BCUT2D eigenvalue weighted by atomic mass is 19.1. The lowest BCUT2D eigenvalue weighted by Gasteiger charge is -2.07. The molecule has 21 heavy (non-hydrogen) atoms. The lowest BCUT2D eigenvalue weighted by Crippen LogP contribution is -2.13. The van der Waals surface area contributed by atoms with Gasteiger partial charge in [0.25, 0.3) is 5.91 Å². The number of anilines is 1. The van der Waals surface area contributed by atoms with Crippen LogP contribution in [0.15, 0.2) is 42.5 Å². The summed E-state index contributed by atoms with van der Waals surface area (Å²) in [5.41, 5.74) is 6.23. The summed E-state index contributed by atoms with van der Waals surface area (Å²) in [4.78, 5) is 12.0. The highest BCUT2D eigenvalue weighted by molar-refractivity contribution is 6.04. The van der Waals surface area contributed by atoms with Crippen LogP contribution in [0.25, 0.3) is 0 Å². The van der Waals surface area contributed by atoms with E-state index in [1.54, 1.807) is 24.3 Å². The Labute approximate surface area is 120 Å². The number of para-hydroxylation sites is 1. The fourth-order valence-electron chi connectivity index (χ4n) is 1.73. The lowest BCUT2D eigenvalue weighted by molar-refractivity contribution is 0.102. The average molecular weight is 286 g/mol. The highest BCUT2D eigenvalue weighted by Crippen LogP contribution is 2.16. The van der Waals surface area contributed by atoms with E-state index in [2.05, 4.69) is 17.2 Å². The van der Waals surface area contributed by atoms with E-state index in [4.69, 9.17) is 5.73 Å². The molecule has 0 aliphatic rings. The molecule has 0 bridgehead atoms. The van der Waals surface area contributed by atoms with Gasteiger partial charge in [-0.25, -0.2) is 8.78 Å². The molecule has 5 heteroatoms. The molecular weight excluding hydrogens is 274 g/mol. The molecule has 0 atom stereocenters. The van der Waals surface area contributed by atoms with E-state index < -0.39 is 17.5 Å². The van der Waals surface area contributed by atoms with Crippen LogP contribution < -0.4 is 11.1 Å². The standard InChI is InChI=1S/C16H12F2N2O/c17-13-8-12(9-14(18)10-13)16(21)20-15-6-2-1-4-11(15)5-3-7-19/h1-2,4,6,8-10H,7,19H2,(H,20,21). The van der Waals surface area contributed by atoms with Gasteiger partial charge in [-0.05, 0) is 24.3 Å². The number of nitrogens with two attached hydrogens (primary N) is 1. The van der Waals surface area contributed by atoms with Gasteiger partial charge in [0.05, 0.1) is 12.2 Å². The predicted octanol–water partition coefficient (Wildman–Crippen LogP) is 2.53. The SMILES string of the molecule is NCC#Cc1ccccc1NC(=O)c1cc(F)cc(F)c1. The normalized spacial score (nSPS) is 9.67. The van der Waals surface area contributed by atoms with E-state index >= 15 is 0 Å². The van der Waals surface area contributed by atoms with Crippen LogP contribution in [0.3, 0.4) is 0 Å². The minimum absolute atomic E-state index is 0.103. The Kier molecular flexibility index (Phi) is 4.64. The van der Waals surface area contributed by atoms with Crippen molar-refractivity contribution in [3.63, 3.8) is 0 Å². The number of carbonyl (C=O) groups is 1. The molecule has 3 nitrogen and oxygen atoms in total. The van der Waals surface area contributed by atoms with E-state index in [0.717, 1.165) is 12.1 Å². The van der Waals surface area contributed by atoms with Crippen molar-refractivity contribution in [1.29, 1.82) is 0 Å². The summed E-state index contributed by atoms with van der Waals surface area (Å²) >= 11 is 0. The Morgan fingerprint density at radius 1 is 1.14 bits per heavy atom. The Bertz CT molecular complexity index is 712. The fraction of sp³-hybridized carbons (Fsp3) is 0.0625. The zero-order chi connectivity index (χ0) is 15.2. The van der Waals surface area contributed by atoms with Crippen molar-refractivity contribution >= 4 is 11.6 Å². The third-order valence-electron chi connectivity index (χ3n) is 2.63. The van der Waals surface area contributed by atoms with E-state index in [-0.39, 0.29) is 12.1 Å². The molecule has 0 fully saturated rings. The predicted molar refractivity (Wildman–Crippen MR) is 76.7 cm³/mol. The first-order valence-corrected chi connectivity index (χ1v) is 6.15. The third-order valence-corrected chi connectivity index (χ3v) is 2.63. The molecule has 1 amide bonds. The molecule has 3 N–H and O–H groups in total. The number of benzene rings is 2. The van der Waals surface area contributed by atoms with Gasteiger partial charge < -0.3 is 11.1 Å². The monoisotopic (exact) mass is 286 g/mol. The van der Waals surface area contributed by atoms with Crippen LogP contribution in [-0.4, -0.2) is 12.5 Å². The average Bonchev–Trinajstić information content (AvgIpc) is 2.45. The van der Waals surface area contributed by atoms with E-state index in [9.17, 15) is 13.6 Å². The summed E-state index contributed by atoms with van der Waals surface area (Å²) < 4.78 is 26.2. The van der Waals surface area contributed by atoms with Crippen molar-refractivity contribution in [2.75, 3.05) is 11.9 Å².